The van der Waals surface area contributed by atoms with Gasteiger partial charge in [-0.15, -0.1) is 24.0 Å². The number of hydrogen-bond acceptors (Lipinski definition) is 4. The lowest BCUT2D eigenvalue weighted by Crippen LogP contribution is -2.36. The van der Waals surface area contributed by atoms with Gasteiger partial charge in [-0.1, -0.05) is 42.5 Å². The van der Waals surface area contributed by atoms with Crippen molar-refractivity contribution in [2.75, 3.05) is 21.2 Å². The van der Waals surface area contributed by atoms with E-state index in [2.05, 4.69) is 20.3 Å². The number of para-hydroxylation sites is 1. The molecule has 2 aromatic carbocycles. The van der Waals surface area contributed by atoms with E-state index in [1.807, 2.05) is 42.5 Å². The lowest BCUT2D eigenvalue weighted by Gasteiger charge is -2.14. The molecule has 0 saturated carbocycles. The molecule has 28 heavy (non-hydrogen) atoms. The van der Waals surface area contributed by atoms with Crippen LogP contribution in [0.4, 0.5) is 0 Å². The third-order valence-electron chi connectivity index (χ3n) is 3.98. The monoisotopic (exact) mass is 518 g/mol. The van der Waals surface area contributed by atoms with Gasteiger partial charge in [0.15, 0.2) is 5.96 Å². The van der Waals surface area contributed by atoms with E-state index >= 15 is 0 Å². The van der Waals surface area contributed by atoms with E-state index in [9.17, 15) is 8.42 Å². The summed E-state index contributed by atoms with van der Waals surface area (Å²) in [6, 6.07) is 15.3. The minimum Gasteiger partial charge on any atom is -0.496 e. The van der Waals surface area contributed by atoms with Gasteiger partial charge < -0.3 is 15.4 Å². The molecular weight excluding hydrogens is 491 g/mol. The van der Waals surface area contributed by atoms with E-state index in [4.69, 9.17) is 4.74 Å². The largest absolute Gasteiger partial charge is 0.496 e. The van der Waals surface area contributed by atoms with Gasteiger partial charge in [-0.3, -0.25) is 4.99 Å². The summed E-state index contributed by atoms with van der Waals surface area (Å²) >= 11 is 0. The lowest BCUT2D eigenvalue weighted by atomic mass is 10.1. The standard InChI is InChI=1S/C19H26N4O3S.HI/c1-20-19(23-13-17-9-4-5-10-18(17)26-3)22-12-15-7-6-8-16(11-15)14-27(24,25)21-2;/h4-11,21H,12-14H2,1-3H3,(H2,20,22,23);1H. The number of halogens is 1. The second kappa shape index (κ2) is 11.9. The predicted octanol–water partition coefficient (Wildman–Crippen LogP) is 2.23. The fourth-order valence-corrected chi connectivity index (χ4v) is 3.32. The van der Waals surface area contributed by atoms with Gasteiger partial charge in [-0.2, -0.15) is 0 Å². The molecule has 154 valence electrons. The smallest absolute Gasteiger partial charge is 0.215 e. The van der Waals surface area contributed by atoms with Crippen molar-refractivity contribution in [2.24, 2.45) is 4.99 Å². The van der Waals surface area contributed by atoms with Gasteiger partial charge in [0.1, 0.15) is 5.75 Å². The maximum Gasteiger partial charge on any atom is 0.215 e. The van der Waals surface area contributed by atoms with Crippen LogP contribution in [-0.4, -0.2) is 35.6 Å². The molecule has 0 spiro atoms. The van der Waals surface area contributed by atoms with Crippen molar-refractivity contribution >= 4 is 40.0 Å². The van der Waals surface area contributed by atoms with E-state index in [0.717, 1.165) is 22.4 Å². The van der Waals surface area contributed by atoms with Crippen LogP contribution in [0.2, 0.25) is 0 Å². The fraction of sp³-hybridized carbons (Fsp3) is 0.316. The number of methoxy groups -OCH3 is 1. The third-order valence-corrected chi connectivity index (χ3v) is 5.32. The van der Waals surface area contributed by atoms with Crippen LogP contribution in [-0.2, 0) is 28.9 Å². The maximum absolute atomic E-state index is 11.7. The maximum atomic E-state index is 11.7. The number of ether oxygens (including phenoxy) is 1. The second-order valence-electron chi connectivity index (χ2n) is 5.87. The summed E-state index contributed by atoms with van der Waals surface area (Å²) < 4.78 is 31.1. The first-order valence-corrected chi connectivity index (χ1v) is 10.2. The van der Waals surface area contributed by atoms with Crippen molar-refractivity contribution < 1.29 is 13.2 Å². The molecule has 7 nitrogen and oxygen atoms in total. The Hall–Kier alpha value is -1.85. The Morgan fingerprint density at radius 2 is 1.71 bits per heavy atom. The molecule has 0 radical (unpaired) electrons. The average Bonchev–Trinajstić information content (AvgIpc) is 2.68. The molecule has 0 bridgehead atoms. The first kappa shape index (κ1) is 24.2. The third kappa shape index (κ3) is 7.64. The van der Waals surface area contributed by atoms with E-state index in [1.54, 1.807) is 20.2 Å². The van der Waals surface area contributed by atoms with Gasteiger partial charge in [-0.05, 0) is 24.2 Å². The number of aliphatic imine (C=N–C) groups is 1. The first-order chi connectivity index (χ1) is 13.0. The van der Waals surface area contributed by atoms with Crippen molar-refractivity contribution in [2.45, 2.75) is 18.8 Å². The molecule has 0 unspecified atom stereocenters. The highest BCUT2D eigenvalue weighted by Gasteiger charge is 2.09. The van der Waals surface area contributed by atoms with Crippen LogP contribution in [0.3, 0.4) is 0 Å². The minimum atomic E-state index is -3.29. The van der Waals surface area contributed by atoms with Crippen molar-refractivity contribution in [1.82, 2.24) is 15.4 Å². The number of rotatable bonds is 8. The van der Waals surface area contributed by atoms with Crippen LogP contribution in [0.25, 0.3) is 0 Å². The molecule has 0 aliphatic carbocycles. The van der Waals surface area contributed by atoms with E-state index < -0.39 is 10.0 Å². The van der Waals surface area contributed by atoms with Crippen LogP contribution < -0.4 is 20.1 Å². The molecular formula is C19H27IN4O3S. The Balaban J connectivity index is 0.00000392. The topological polar surface area (TPSA) is 91.8 Å². The molecule has 0 aromatic heterocycles. The number of hydrogen-bond donors (Lipinski definition) is 3. The van der Waals surface area contributed by atoms with Crippen molar-refractivity contribution in [1.29, 1.82) is 0 Å². The summed E-state index contributed by atoms with van der Waals surface area (Å²) in [7, 11) is 1.47. The zero-order chi connectivity index (χ0) is 19.7. The van der Waals surface area contributed by atoms with Gasteiger partial charge in [0.2, 0.25) is 10.0 Å². The Kier molecular flexibility index (Phi) is 10.3. The molecule has 9 heteroatoms. The number of sulfonamides is 1. The minimum absolute atomic E-state index is 0. The second-order valence-corrected chi connectivity index (χ2v) is 7.80. The molecule has 0 aliphatic rings. The number of benzene rings is 2. The van der Waals surface area contributed by atoms with Gasteiger partial charge in [0.25, 0.3) is 0 Å². The van der Waals surface area contributed by atoms with Crippen LogP contribution in [0.15, 0.2) is 53.5 Å². The SMILES string of the molecule is CN=C(NCc1cccc(CS(=O)(=O)NC)c1)NCc1ccccc1OC.I. The van der Waals surface area contributed by atoms with Crippen molar-refractivity contribution in [3.63, 3.8) is 0 Å². The molecule has 0 atom stereocenters. The Bertz CT molecular complexity index is 888. The number of guanidine groups is 1. The van der Waals surface area contributed by atoms with Crippen molar-refractivity contribution in [3.05, 3.63) is 65.2 Å². The Morgan fingerprint density at radius 1 is 1.04 bits per heavy atom. The van der Waals surface area contributed by atoms with E-state index in [-0.39, 0.29) is 29.7 Å². The summed E-state index contributed by atoms with van der Waals surface area (Å²) in [5, 5.41) is 6.48. The van der Waals surface area contributed by atoms with E-state index in [0.29, 0.717) is 19.0 Å². The fourth-order valence-electron chi connectivity index (χ4n) is 2.56. The number of nitrogens with one attached hydrogen (secondary N) is 3. The molecule has 0 fully saturated rings. The summed E-state index contributed by atoms with van der Waals surface area (Å²) in [6.07, 6.45) is 0. The van der Waals surface area contributed by atoms with Gasteiger partial charge >= 0.3 is 0 Å². The molecule has 0 amide bonds. The summed E-state index contributed by atoms with van der Waals surface area (Å²) in [5.41, 5.74) is 2.74. The average molecular weight is 518 g/mol. The van der Waals surface area contributed by atoms with Crippen LogP contribution in [0.5, 0.6) is 5.75 Å². The predicted molar refractivity (Wildman–Crippen MR) is 124 cm³/mol. The van der Waals surface area contributed by atoms with Crippen LogP contribution in [0.1, 0.15) is 16.7 Å². The lowest BCUT2D eigenvalue weighted by molar-refractivity contribution is 0.409. The van der Waals surface area contributed by atoms with Gasteiger partial charge in [0, 0.05) is 25.7 Å². The molecule has 2 aromatic rings. The van der Waals surface area contributed by atoms with Crippen LogP contribution in [0, 0.1) is 0 Å². The quantitative estimate of drug-likeness (QED) is 0.283. The van der Waals surface area contributed by atoms with Crippen LogP contribution >= 0.6 is 24.0 Å². The molecule has 0 aliphatic heterocycles. The van der Waals surface area contributed by atoms with Gasteiger partial charge in [-0.25, -0.2) is 13.1 Å². The number of nitrogens with zero attached hydrogens (tertiary/aromatic N) is 1. The normalized spacial score (nSPS) is 11.5. The zero-order valence-corrected chi connectivity index (χ0v) is 19.4. The van der Waals surface area contributed by atoms with E-state index in [1.165, 1.54) is 7.05 Å². The molecule has 3 N–H and O–H groups in total. The van der Waals surface area contributed by atoms with Gasteiger partial charge in [0.05, 0.1) is 12.9 Å². The highest BCUT2D eigenvalue weighted by molar-refractivity contribution is 14.0. The summed E-state index contributed by atoms with van der Waals surface area (Å²) in [5.74, 6) is 1.42. The highest BCUT2D eigenvalue weighted by atomic mass is 127. The summed E-state index contributed by atoms with van der Waals surface area (Å²) in [4.78, 5) is 4.22. The first-order valence-electron chi connectivity index (χ1n) is 8.53. The highest BCUT2D eigenvalue weighted by Crippen LogP contribution is 2.16. The molecule has 0 heterocycles. The zero-order valence-electron chi connectivity index (χ0n) is 16.2. The Labute approximate surface area is 184 Å². The summed E-state index contributed by atoms with van der Waals surface area (Å²) in [6.45, 7) is 1.10. The molecule has 2 rings (SSSR count). The molecule has 0 saturated heterocycles. The Morgan fingerprint density at radius 3 is 2.39 bits per heavy atom. The van der Waals surface area contributed by atoms with Crippen molar-refractivity contribution in [3.8, 4) is 5.75 Å².